The number of hydrogen-bond donors (Lipinski definition) is 2. The molecule has 0 amide bonds. The van der Waals surface area contributed by atoms with E-state index < -0.39 is 0 Å². The molecular formula is C14H18MoN6. The van der Waals surface area contributed by atoms with E-state index in [9.17, 15) is 0 Å². The minimum atomic E-state index is 0. The van der Waals surface area contributed by atoms with Crippen molar-refractivity contribution in [3.63, 3.8) is 0 Å². The summed E-state index contributed by atoms with van der Waals surface area (Å²) in [5, 5.41) is 6.39. The van der Waals surface area contributed by atoms with Gasteiger partial charge in [0.05, 0.1) is 11.4 Å². The minimum absolute atomic E-state index is 0. The van der Waals surface area contributed by atoms with Gasteiger partial charge in [0.15, 0.2) is 5.82 Å². The summed E-state index contributed by atoms with van der Waals surface area (Å²) >= 11 is 0. The summed E-state index contributed by atoms with van der Waals surface area (Å²) in [6.45, 7) is 4.18. The molecule has 21 heavy (non-hydrogen) atoms. The maximum Gasteiger partial charge on any atom is 0.336 e. The summed E-state index contributed by atoms with van der Waals surface area (Å²) in [6, 6.07) is 0.465. The van der Waals surface area contributed by atoms with Gasteiger partial charge < -0.3 is 17.6 Å². The molecule has 3 aromatic heterocycles. The van der Waals surface area contributed by atoms with Crippen LogP contribution in [0.5, 0.6) is 0 Å². The second kappa shape index (κ2) is 5.09. The van der Waals surface area contributed by atoms with Crippen LogP contribution in [0.1, 0.15) is 25.3 Å². The van der Waals surface area contributed by atoms with E-state index in [0.717, 1.165) is 34.9 Å². The molecule has 2 atom stereocenters. The van der Waals surface area contributed by atoms with Crippen molar-refractivity contribution < 1.29 is 25.6 Å². The van der Waals surface area contributed by atoms with Gasteiger partial charge in [0, 0.05) is 28.1 Å². The van der Waals surface area contributed by atoms with Gasteiger partial charge in [-0.1, -0.05) is 6.42 Å². The van der Waals surface area contributed by atoms with Gasteiger partial charge >= 0.3 is 5.65 Å². The van der Waals surface area contributed by atoms with Crippen LogP contribution in [-0.4, -0.2) is 19.7 Å². The van der Waals surface area contributed by atoms with E-state index in [2.05, 4.69) is 32.8 Å². The predicted octanol–water partition coefficient (Wildman–Crippen LogP) is 1.49. The molecule has 1 aliphatic carbocycles. The summed E-state index contributed by atoms with van der Waals surface area (Å²) in [5.41, 5.74) is 8.01. The Morgan fingerprint density at radius 2 is 2.29 bits per heavy atom. The molecule has 1 saturated carbocycles. The number of aromatic amines is 1. The fraction of sp³-hybridized carbons (Fsp3) is 0.429. The van der Waals surface area contributed by atoms with Crippen molar-refractivity contribution in [1.82, 2.24) is 19.7 Å². The maximum absolute atomic E-state index is 6.08. The average Bonchev–Trinajstić information content (AvgIpc) is 3.00. The van der Waals surface area contributed by atoms with Gasteiger partial charge in [-0.25, -0.2) is 9.25 Å². The second-order valence-electron chi connectivity index (χ2n) is 5.74. The van der Waals surface area contributed by atoms with Crippen molar-refractivity contribution in [2.75, 3.05) is 5.73 Å². The minimum Gasteiger partial charge on any atom is -0.382 e. The molecule has 7 heteroatoms. The molecule has 110 valence electrons. The molecule has 3 aromatic rings. The van der Waals surface area contributed by atoms with Gasteiger partial charge in [-0.3, -0.25) is 0 Å². The Bertz CT molecular complexity index is 805. The first kappa shape index (κ1) is 14.5. The third-order valence-corrected chi connectivity index (χ3v) is 4.39. The summed E-state index contributed by atoms with van der Waals surface area (Å²) in [6.07, 6.45) is 7.26. The Kier molecular flexibility index (Phi) is 3.52. The molecule has 1 aliphatic rings. The van der Waals surface area contributed by atoms with E-state index in [4.69, 9.17) is 5.73 Å². The molecule has 3 N–H and O–H groups in total. The zero-order valence-electron chi connectivity index (χ0n) is 11.9. The molecule has 0 radical (unpaired) electrons. The molecular weight excluding hydrogens is 348 g/mol. The van der Waals surface area contributed by atoms with Gasteiger partial charge in [0.1, 0.15) is 17.2 Å². The first-order valence-electron chi connectivity index (χ1n) is 6.97. The van der Waals surface area contributed by atoms with Crippen molar-refractivity contribution in [3.8, 4) is 0 Å². The normalized spacial score (nSPS) is 22.0. The monoisotopic (exact) mass is 368 g/mol. The van der Waals surface area contributed by atoms with Gasteiger partial charge in [0.25, 0.3) is 0 Å². The molecule has 0 aliphatic heterocycles. The number of anilines is 1. The van der Waals surface area contributed by atoms with Crippen molar-refractivity contribution in [3.05, 3.63) is 19.4 Å². The number of nitrogens with zero attached hydrogens (tertiary/aromatic N) is 4. The third-order valence-electron chi connectivity index (χ3n) is 4.39. The molecule has 4 rings (SSSR count). The van der Waals surface area contributed by atoms with E-state index in [1.165, 1.54) is 6.42 Å². The van der Waals surface area contributed by atoms with Gasteiger partial charge in [0.2, 0.25) is 6.33 Å². The molecule has 0 unspecified atom stereocenters. The molecule has 3 heterocycles. The Labute approximate surface area is 137 Å². The maximum atomic E-state index is 6.08. The molecule has 0 spiro atoms. The molecule has 0 aromatic carbocycles. The number of rotatable bonds is 1. The quantitative estimate of drug-likeness (QED) is 0.389. The van der Waals surface area contributed by atoms with E-state index in [0.29, 0.717) is 17.8 Å². The van der Waals surface area contributed by atoms with Crippen LogP contribution in [0.25, 0.3) is 22.1 Å². The second-order valence-corrected chi connectivity index (χ2v) is 5.74. The van der Waals surface area contributed by atoms with Crippen molar-refractivity contribution >= 4 is 27.9 Å². The zero-order valence-corrected chi connectivity index (χ0v) is 13.9. The zero-order chi connectivity index (χ0) is 13.9. The number of hydrogen-bond acceptors (Lipinski definition) is 3. The smallest absolute Gasteiger partial charge is 0.336 e. The fourth-order valence-corrected chi connectivity index (χ4v) is 3.40. The van der Waals surface area contributed by atoms with Crippen LogP contribution < -0.4 is 10.3 Å². The largest absolute Gasteiger partial charge is 0.382 e. The van der Waals surface area contributed by atoms with Gasteiger partial charge in [-0.15, -0.1) is 0 Å². The standard InChI is InChI=1S/C14H17N6.Mo/c1-8-3-4-9(5-8)20-6-10-11-13(16-7-17-14(11)20)19(2)18-12(10)15;/h6-9H,1,3-5H2,2H3,(H2,15,18);/q-1;/p+1/t8-,9+;/m1./s1. The Hall–Kier alpha value is -1.42. The first-order chi connectivity index (χ1) is 9.65. The summed E-state index contributed by atoms with van der Waals surface area (Å²) in [4.78, 5) is 7.70. The third kappa shape index (κ3) is 2.08. The Morgan fingerprint density at radius 1 is 1.48 bits per heavy atom. The molecule has 0 saturated heterocycles. The van der Waals surface area contributed by atoms with E-state index >= 15 is 0 Å². The number of aromatic nitrogens is 5. The van der Waals surface area contributed by atoms with Crippen LogP contribution in [-0.2, 0) is 28.1 Å². The summed E-state index contributed by atoms with van der Waals surface area (Å²) < 4.78 is 4.03. The SMILES string of the molecule is [CH2-][C@@H]1CC[C@H]([n+]2cc3c(N)nn(C)c4[nH]cnc2c34)C1.[Mo]. The number of H-pyrrole nitrogens is 1. The van der Waals surface area contributed by atoms with Crippen LogP contribution in [0.2, 0.25) is 0 Å². The van der Waals surface area contributed by atoms with Crippen LogP contribution in [0.15, 0.2) is 12.5 Å². The number of nitrogens with two attached hydrogens (primary N) is 1. The number of nitrogen functional groups attached to an aromatic ring is 1. The molecule has 0 bridgehead atoms. The Morgan fingerprint density at radius 3 is 3.00 bits per heavy atom. The fourth-order valence-electron chi connectivity index (χ4n) is 3.40. The van der Waals surface area contributed by atoms with Gasteiger partial charge in [-0.05, 0) is 17.8 Å². The molecule has 1 fully saturated rings. The van der Waals surface area contributed by atoms with Crippen molar-refractivity contribution in [1.29, 1.82) is 0 Å². The number of nitrogens with one attached hydrogen (secondary N) is 1. The van der Waals surface area contributed by atoms with Crippen molar-refractivity contribution in [2.24, 2.45) is 13.0 Å². The van der Waals surface area contributed by atoms with Crippen LogP contribution in [0.4, 0.5) is 5.82 Å². The summed E-state index contributed by atoms with van der Waals surface area (Å²) in [7, 11) is 1.89. The van der Waals surface area contributed by atoms with Crippen LogP contribution in [0.3, 0.4) is 0 Å². The van der Waals surface area contributed by atoms with Crippen LogP contribution >= 0.6 is 0 Å². The summed E-state index contributed by atoms with van der Waals surface area (Å²) in [5.74, 6) is 1.09. The van der Waals surface area contributed by atoms with E-state index in [1.807, 2.05) is 7.05 Å². The topological polar surface area (TPSA) is 76.4 Å². The Balaban J connectivity index is 0.00000132. The first-order valence-corrected chi connectivity index (χ1v) is 6.97. The van der Waals surface area contributed by atoms with Crippen molar-refractivity contribution in [2.45, 2.75) is 25.3 Å². The molecule has 6 nitrogen and oxygen atoms in total. The average molecular weight is 366 g/mol. The van der Waals surface area contributed by atoms with Gasteiger partial charge in [-0.2, -0.15) is 11.0 Å². The predicted molar refractivity (Wildman–Crippen MR) is 76.7 cm³/mol. The van der Waals surface area contributed by atoms with Crippen LogP contribution in [0, 0.1) is 12.8 Å². The van der Waals surface area contributed by atoms with E-state index in [-0.39, 0.29) is 21.1 Å². The number of aryl methyl sites for hydroxylation is 1. The van der Waals surface area contributed by atoms with E-state index in [1.54, 1.807) is 11.0 Å².